The molecule has 3 rings (SSSR count). The number of benzene rings is 3. The van der Waals surface area contributed by atoms with Gasteiger partial charge in [-0.2, -0.15) is 31.6 Å². The highest BCUT2D eigenvalue weighted by Gasteiger charge is 2.36. The van der Waals surface area contributed by atoms with Crippen molar-refractivity contribution in [3.05, 3.63) is 106 Å². The maximum Gasteiger partial charge on any atom is 0.417 e. The first kappa shape index (κ1) is 30.8. The van der Waals surface area contributed by atoms with Gasteiger partial charge in [-0.3, -0.25) is 0 Å². The van der Waals surface area contributed by atoms with Gasteiger partial charge in [-0.15, -0.1) is 0 Å². The molecule has 0 aliphatic carbocycles. The van der Waals surface area contributed by atoms with Crippen molar-refractivity contribution in [1.82, 2.24) is 0 Å². The van der Waals surface area contributed by atoms with E-state index in [-0.39, 0.29) is 12.3 Å². The van der Waals surface area contributed by atoms with Crippen LogP contribution in [0.5, 0.6) is 0 Å². The maximum atomic E-state index is 13.1. The molecule has 0 aliphatic heterocycles. The third-order valence-electron chi connectivity index (χ3n) is 5.30. The van der Waals surface area contributed by atoms with Crippen molar-refractivity contribution in [2.75, 3.05) is 18.6 Å². The summed E-state index contributed by atoms with van der Waals surface area (Å²) in [5, 5.41) is 19.7. The van der Waals surface area contributed by atoms with E-state index in [0.717, 1.165) is 29.8 Å². The van der Waals surface area contributed by atoms with Crippen molar-refractivity contribution in [3.63, 3.8) is 0 Å². The lowest BCUT2D eigenvalue weighted by atomic mass is 10.0. The second kappa shape index (κ2) is 12.9. The molecule has 0 saturated carbocycles. The van der Waals surface area contributed by atoms with Crippen molar-refractivity contribution >= 4 is 17.4 Å². The Bertz CT molecular complexity index is 1360. The molecule has 0 fully saturated rings. The topological polar surface area (TPSA) is 73.6 Å². The van der Waals surface area contributed by atoms with Crippen LogP contribution in [0.2, 0.25) is 0 Å². The summed E-state index contributed by atoms with van der Waals surface area (Å²) in [5.41, 5.74) is -1.53. The lowest BCUT2D eigenvalue weighted by Crippen LogP contribution is -2.18. The Balaban J connectivity index is 0.000000306. The van der Waals surface area contributed by atoms with Crippen LogP contribution in [0.25, 0.3) is 5.76 Å². The van der Waals surface area contributed by atoms with Gasteiger partial charge in [-0.1, -0.05) is 48.0 Å². The fourth-order valence-electron chi connectivity index (χ4n) is 3.37. The van der Waals surface area contributed by atoms with Crippen molar-refractivity contribution in [2.45, 2.75) is 26.2 Å². The van der Waals surface area contributed by atoms with Gasteiger partial charge in [-0.05, 0) is 44.2 Å². The van der Waals surface area contributed by atoms with E-state index in [1.54, 1.807) is 18.2 Å². The largest absolute Gasteiger partial charge is 0.504 e. The monoisotopic (exact) mass is 550 g/mol. The van der Waals surface area contributed by atoms with E-state index in [4.69, 9.17) is 0 Å². The number of aliphatic hydroxyl groups is 1. The van der Waals surface area contributed by atoms with Gasteiger partial charge in [0.1, 0.15) is 6.07 Å². The number of carbonyl (C=O) groups excluding carboxylic acids is 1. The number of allylic oxidation sites excluding steroid dienone is 1. The van der Waals surface area contributed by atoms with E-state index in [1.165, 1.54) is 43.1 Å². The highest BCUT2D eigenvalue weighted by Crippen LogP contribution is 2.36. The summed E-state index contributed by atoms with van der Waals surface area (Å²) in [6.07, 6.45) is -9.17. The van der Waals surface area contributed by atoms with Crippen LogP contribution in [-0.4, -0.2) is 24.7 Å². The van der Waals surface area contributed by atoms with Crippen LogP contribution in [0.1, 0.15) is 39.5 Å². The molecule has 0 amide bonds. The molecule has 0 unspecified atom stereocenters. The Kier molecular flexibility index (Phi) is 10.1. The Labute approximate surface area is 221 Å². The van der Waals surface area contributed by atoms with Crippen molar-refractivity contribution in [1.29, 1.82) is 5.26 Å². The van der Waals surface area contributed by atoms with Gasteiger partial charge in [0.05, 0.1) is 23.3 Å². The molecule has 11 heteroatoms. The minimum Gasteiger partial charge on any atom is -0.504 e. The summed E-state index contributed by atoms with van der Waals surface area (Å²) in [7, 11) is 1.51. The highest BCUT2D eigenvalue weighted by molar-refractivity contribution is 5.91. The summed E-state index contributed by atoms with van der Waals surface area (Å²) in [6.45, 7) is 3.47. The SMILES string of the molecule is CCOC(=O)c1ccccc1C(F)(F)F.Cc1ccc(N(C)/C(C#N)=C(\O)c2ccccc2C(F)(F)F)cc1. The maximum absolute atomic E-state index is 13.1. The Hall–Kier alpha value is -4.46. The first-order chi connectivity index (χ1) is 18.2. The number of ether oxygens (including phenoxy) is 1. The number of carbonyl (C=O) groups is 1. The van der Waals surface area contributed by atoms with Gasteiger partial charge in [0.15, 0.2) is 11.5 Å². The van der Waals surface area contributed by atoms with Gasteiger partial charge >= 0.3 is 18.3 Å². The van der Waals surface area contributed by atoms with Crippen LogP contribution in [0.15, 0.2) is 78.5 Å². The number of aryl methyl sites for hydroxylation is 1. The van der Waals surface area contributed by atoms with Crippen LogP contribution < -0.4 is 4.90 Å². The molecule has 0 spiro atoms. The molecule has 0 saturated heterocycles. The van der Waals surface area contributed by atoms with Gasteiger partial charge in [0, 0.05) is 18.3 Å². The number of esters is 1. The summed E-state index contributed by atoms with van der Waals surface area (Å²) in [5.74, 6) is -1.67. The molecule has 0 aromatic heterocycles. The van der Waals surface area contributed by atoms with Crippen molar-refractivity contribution in [3.8, 4) is 6.07 Å². The van der Waals surface area contributed by atoms with Gasteiger partial charge in [0.25, 0.3) is 0 Å². The summed E-state index contributed by atoms with van der Waals surface area (Å²) < 4.78 is 81.2. The average Bonchev–Trinajstić information content (AvgIpc) is 2.89. The van der Waals surface area contributed by atoms with Crippen LogP contribution in [0, 0.1) is 18.3 Å². The number of halogens is 6. The molecule has 206 valence electrons. The minimum atomic E-state index is -4.63. The molecular formula is C28H24F6N2O3. The summed E-state index contributed by atoms with van der Waals surface area (Å²) in [6, 6.07) is 18.0. The number of nitrogens with zero attached hydrogens (tertiary/aromatic N) is 2. The third kappa shape index (κ3) is 8.01. The second-order valence-corrected chi connectivity index (χ2v) is 8.01. The molecule has 0 atom stereocenters. The highest BCUT2D eigenvalue weighted by atomic mass is 19.4. The molecule has 0 heterocycles. The fourth-order valence-corrected chi connectivity index (χ4v) is 3.37. The molecular weight excluding hydrogens is 526 g/mol. The van der Waals surface area contributed by atoms with E-state index in [2.05, 4.69) is 4.74 Å². The normalized spacial score (nSPS) is 11.9. The molecule has 3 aromatic carbocycles. The van der Waals surface area contributed by atoms with E-state index in [1.807, 2.05) is 19.1 Å². The number of hydrogen-bond acceptors (Lipinski definition) is 5. The van der Waals surface area contributed by atoms with Crippen molar-refractivity contribution < 1.29 is 41.0 Å². The first-order valence-corrected chi connectivity index (χ1v) is 11.4. The van der Waals surface area contributed by atoms with Crippen LogP contribution in [0.4, 0.5) is 32.0 Å². The summed E-state index contributed by atoms with van der Waals surface area (Å²) >= 11 is 0. The lowest BCUT2D eigenvalue weighted by Gasteiger charge is -2.20. The van der Waals surface area contributed by atoms with Gasteiger partial charge < -0.3 is 14.7 Å². The number of aliphatic hydroxyl groups excluding tert-OH is 1. The first-order valence-electron chi connectivity index (χ1n) is 11.4. The molecule has 1 N–H and O–H groups in total. The minimum absolute atomic E-state index is 0.0467. The standard InChI is InChI=1S/C18H15F3N2O.C10H9F3O2/c1-12-7-9-13(10-8-12)23(2)16(11-22)17(24)14-5-3-4-6-15(14)18(19,20)21;1-2-15-9(14)7-5-3-4-6-8(7)10(11,12)13/h3-10,24H,1-2H3;3-6H,2H2,1H3/b17-16-;. The number of rotatable bonds is 5. The van der Waals surface area contributed by atoms with Gasteiger partial charge in [0.2, 0.25) is 0 Å². The van der Waals surface area contributed by atoms with Crippen LogP contribution in [-0.2, 0) is 17.1 Å². The lowest BCUT2D eigenvalue weighted by molar-refractivity contribution is -0.138. The van der Waals surface area contributed by atoms with E-state index in [0.29, 0.717) is 5.69 Å². The smallest absolute Gasteiger partial charge is 0.417 e. The number of alkyl halides is 6. The molecule has 0 bridgehead atoms. The zero-order valence-corrected chi connectivity index (χ0v) is 21.1. The zero-order chi connectivity index (χ0) is 29.4. The Morgan fingerprint density at radius 2 is 1.33 bits per heavy atom. The fraction of sp³-hybridized carbons (Fsp3) is 0.214. The molecule has 0 aliphatic rings. The van der Waals surface area contributed by atoms with E-state index < -0.39 is 46.3 Å². The predicted octanol–water partition coefficient (Wildman–Crippen LogP) is 7.78. The van der Waals surface area contributed by atoms with Crippen molar-refractivity contribution in [2.24, 2.45) is 0 Å². The average molecular weight is 550 g/mol. The molecule has 3 aromatic rings. The van der Waals surface area contributed by atoms with E-state index >= 15 is 0 Å². The number of anilines is 1. The molecule has 5 nitrogen and oxygen atoms in total. The quantitative estimate of drug-likeness (QED) is 0.152. The predicted molar refractivity (Wildman–Crippen MR) is 134 cm³/mol. The second-order valence-electron chi connectivity index (χ2n) is 8.01. The van der Waals surface area contributed by atoms with Gasteiger partial charge in [-0.25, -0.2) is 4.79 Å². The molecule has 39 heavy (non-hydrogen) atoms. The van der Waals surface area contributed by atoms with E-state index in [9.17, 15) is 41.5 Å². The number of nitriles is 1. The summed E-state index contributed by atoms with van der Waals surface area (Å²) in [4.78, 5) is 12.5. The Morgan fingerprint density at radius 3 is 1.79 bits per heavy atom. The zero-order valence-electron chi connectivity index (χ0n) is 21.1. The molecule has 0 radical (unpaired) electrons. The third-order valence-corrected chi connectivity index (χ3v) is 5.30. The number of hydrogen-bond donors (Lipinski definition) is 1. The Morgan fingerprint density at radius 1 is 0.872 bits per heavy atom. The van der Waals surface area contributed by atoms with Crippen LogP contribution in [0.3, 0.4) is 0 Å². The van der Waals surface area contributed by atoms with Crippen LogP contribution >= 0.6 is 0 Å².